The molecule has 7 heteroatoms. The highest BCUT2D eigenvalue weighted by atomic mass is 16.6. The largest absolute Gasteiger partial charge is 0.466 e. The Morgan fingerprint density at radius 1 is 0.647 bits per heavy atom. The molecule has 200 valence electrons. The second kappa shape index (κ2) is 18.7. The second-order valence-electron chi connectivity index (χ2n) is 9.93. The van der Waals surface area contributed by atoms with E-state index in [4.69, 9.17) is 14.2 Å². The number of hydrogen-bond donors (Lipinski definition) is 1. The summed E-state index contributed by atoms with van der Waals surface area (Å²) in [6, 6.07) is 0. The lowest BCUT2D eigenvalue weighted by Crippen LogP contribution is -2.45. The predicted molar refractivity (Wildman–Crippen MR) is 133 cm³/mol. The van der Waals surface area contributed by atoms with Crippen LogP contribution in [0.1, 0.15) is 112 Å². The molecule has 0 aromatic heterocycles. The summed E-state index contributed by atoms with van der Waals surface area (Å²) in [5, 5.41) is 11.0. The third kappa shape index (κ3) is 15.3. The highest BCUT2D eigenvalue weighted by molar-refractivity contribution is 5.90. The van der Waals surface area contributed by atoms with Crippen LogP contribution in [0.3, 0.4) is 0 Å². The van der Waals surface area contributed by atoms with Crippen molar-refractivity contribution in [1.29, 1.82) is 0 Å². The van der Waals surface area contributed by atoms with Gasteiger partial charge in [0.1, 0.15) is 0 Å². The van der Waals surface area contributed by atoms with E-state index in [1.54, 1.807) is 0 Å². The first-order chi connectivity index (χ1) is 16.1. The number of rotatable bonds is 20. The van der Waals surface area contributed by atoms with Crippen LogP contribution < -0.4 is 0 Å². The van der Waals surface area contributed by atoms with E-state index in [1.807, 2.05) is 0 Å². The fourth-order valence-electron chi connectivity index (χ4n) is 3.37. The van der Waals surface area contributed by atoms with E-state index in [1.165, 1.54) is 0 Å². The third-order valence-corrected chi connectivity index (χ3v) is 6.63. The zero-order chi connectivity index (χ0) is 26.0. The molecule has 0 heterocycles. The fraction of sp³-hybridized carbons (Fsp3) is 0.889. The zero-order valence-electron chi connectivity index (χ0n) is 22.5. The third-order valence-electron chi connectivity index (χ3n) is 6.63. The molecule has 3 atom stereocenters. The van der Waals surface area contributed by atoms with E-state index >= 15 is 0 Å². The van der Waals surface area contributed by atoms with Crippen LogP contribution in [0.25, 0.3) is 0 Å². The number of carbonyl (C=O) groups is 3. The van der Waals surface area contributed by atoms with Gasteiger partial charge in [0.05, 0.1) is 32.7 Å². The molecule has 1 N–H and O–H groups in total. The van der Waals surface area contributed by atoms with Crippen LogP contribution in [-0.4, -0.2) is 48.4 Å². The van der Waals surface area contributed by atoms with Crippen LogP contribution in [0.4, 0.5) is 0 Å². The topological polar surface area (TPSA) is 99.1 Å². The SMILES string of the molecule is CCC(C)CCCOC(=O)CC(O)(CC(=O)OCCCC(C)CC)C(=O)OCCCC(C)CC. The van der Waals surface area contributed by atoms with E-state index in [2.05, 4.69) is 41.5 Å². The van der Waals surface area contributed by atoms with E-state index < -0.39 is 36.4 Å². The van der Waals surface area contributed by atoms with Crippen molar-refractivity contribution in [3.05, 3.63) is 0 Å². The van der Waals surface area contributed by atoms with Crippen LogP contribution in [-0.2, 0) is 28.6 Å². The fourth-order valence-corrected chi connectivity index (χ4v) is 3.37. The molecule has 0 rings (SSSR count). The molecule has 0 aliphatic carbocycles. The number of ether oxygens (including phenoxy) is 3. The van der Waals surface area contributed by atoms with Crippen molar-refractivity contribution in [2.45, 2.75) is 118 Å². The predicted octanol–water partition coefficient (Wildman–Crippen LogP) is 5.61. The number of aliphatic hydroxyl groups is 1. The van der Waals surface area contributed by atoms with Crippen molar-refractivity contribution < 1.29 is 33.7 Å². The quantitative estimate of drug-likeness (QED) is 0.136. The van der Waals surface area contributed by atoms with Crippen molar-refractivity contribution >= 4 is 17.9 Å². The minimum Gasteiger partial charge on any atom is -0.466 e. The molecule has 7 nitrogen and oxygen atoms in total. The Bertz CT molecular complexity index is 543. The summed E-state index contributed by atoms with van der Waals surface area (Å²) in [5.41, 5.74) is -2.29. The van der Waals surface area contributed by atoms with Gasteiger partial charge in [-0.25, -0.2) is 4.79 Å². The molecule has 0 aromatic carbocycles. The highest BCUT2D eigenvalue weighted by Gasteiger charge is 2.43. The Morgan fingerprint density at radius 3 is 1.29 bits per heavy atom. The maximum Gasteiger partial charge on any atom is 0.339 e. The normalized spacial score (nSPS) is 15.6. The average Bonchev–Trinajstić information content (AvgIpc) is 2.81. The summed E-state index contributed by atoms with van der Waals surface area (Å²) >= 11 is 0. The van der Waals surface area contributed by atoms with Gasteiger partial charge in [-0.1, -0.05) is 60.8 Å². The molecule has 0 amide bonds. The van der Waals surface area contributed by atoms with E-state index in [9.17, 15) is 19.5 Å². The van der Waals surface area contributed by atoms with Gasteiger partial charge in [-0.2, -0.15) is 0 Å². The lowest BCUT2D eigenvalue weighted by atomic mass is 9.95. The van der Waals surface area contributed by atoms with E-state index in [-0.39, 0.29) is 19.8 Å². The van der Waals surface area contributed by atoms with Gasteiger partial charge in [-0.15, -0.1) is 0 Å². The van der Waals surface area contributed by atoms with Crippen molar-refractivity contribution in [2.75, 3.05) is 19.8 Å². The van der Waals surface area contributed by atoms with Crippen LogP contribution in [0.15, 0.2) is 0 Å². The van der Waals surface area contributed by atoms with Crippen LogP contribution in [0.5, 0.6) is 0 Å². The number of carbonyl (C=O) groups excluding carboxylic acids is 3. The van der Waals surface area contributed by atoms with Crippen molar-refractivity contribution in [1.82, 2.24) is 0 Å². The molecule has 0 saturated heterocycles. The molecule has 0 aromatic rings. The molecule has 0 spiro atoms. The second-order valence-corrected chi connectivity index (χ2v) is 9.93. The Kier molecular flexibility index (Phi) is 17.8. The van der Waals surface area contributed by atoms with Crippen molar-refractivity contribution in [3.8, 4) is 0 Å². The number of hydrogen-bond acceptors (Lipinski definition) is 7. The Morgan fingerprint density at radius 2 is 0.971 bits per heavy atom. The van der Waals surface area contributed by atoms with E-state index in [0.717, 1.165) is 38.5 Å². The first kappa shape index (κ1) is 32.4. The molecular weight excluding hydrogens is 436 g/mol. The van der Waals surface area contributed by atoms with Gasteiger partial charge < -0.3 is 19.3 Å². The van der Waals surface area contributed by atoms with Crippen molar-refractivity contribution in [3.63, 3.8) is 0 Å². The standard InChI is InChI=1S/C27H50O7/c1-7-21(4)13-10-16-32-24(28)19-27(31,26(30)34-18-12-15-23(6)9-3)20-25(29)33-17-11-14-22(5)8-2/h21-23,31H,7-20H2,1-6H3. The van der Waals surface area contributed by atoms with Gasteiger partial charge in [-0.3, -0.25) is 9.59 Å². The Hall–Kier alpha value is -1.63. The molecular formula is C27H50O7. The van der Waals surface area contributed by atoms with Gasteiger partial charge >= 0.3 is 17.9 Å². The lowest BCUT2D eigenvalue weighted by molar-refractivity contribution is -0.178. The molecule has 0 aliphatic rings. The minimum absolute atomic E-state index is 0.124. The van der Waals surface area contributed by atoms with Gasteiger partial charge in [-0.05, 0) is 56.3 Å². The van der Waals surface area contributed by atoms with Crippen LogP contribution in [0.2, 0.25) is 0 Å². The maximum atomic E-state index is 12.7. The molecule has 0 radical (unpaired) electrons. The maximum absolute atomic E-state index is 12.7. The van der Waals surface area contributed by atoms with E-state index in [0.29, 0.717) is 37.0 Å². The molecule has 0 saturated carbocycles. The minimum atomic E-state index is -2.29. The molecule has 0 bridgehead atoms. The van der Waals surface area contributed by atoms with Crippen LogP contribution in [0, 0.1) is 17.8 Å². The first-order valence-corrected chi connectivity index (χ1v) is 13.3. The summed E-state index contributed by atoms with van der Waals surface area (Å²) in [6.07, 6.45) is 6.66. The van der Waals surface area contributed by atoms with Gasteiger partial charge in [0.25, 0.3) is 0 Å². The summed E-state index contributed by atoms with van der Waals surface area (Å²) in [7, 11) is 0. The Labute approximate surface area is 207 Å². The molecule has 0 fully saturated rings. The van der Waals surface area contributed by atoms with Crippen molar-refractivity contribution in [2.24, 2.45) is 17.8 Å². The molecule has 3 unspecified atom stereocenters. The van der Waals surface area contributed by atoms with Gasteiger partial charge in [0.15, 0.2) is 5.60 Å². The van der Waals surface area contributed by atoms with Gasteiger partial charge in [0, 0.05) is 0 Å². The summed E-state index contributed by atoms with van der Waals surface area (Å²) in [5.74, 6) is -0.856. The lowest BCUT2D eigenvalue weighted by Gasteiger charge is -2.24. The van der Waals surface area contributed by atoms with Gasteiger partial charge in [0.2, 0.25) is 0 Å². The number of esters is 3. The molecule has 34 heavy (non-hydrogen) atoms. The highest BCUT2D eigenvalue weighted by Crippen LogP contribution is 2.21. The van der Waals surface area contributed by atoms with Crippen LogP contribution >= 0.6 is 0 Å². The summed E-state index contributed by atoms with van der Waals surface area (Å²) in [6.45, 7) is 13.2. The smallest absolute Gasteiger partial charge is 0.339 e. The monoisotopic (exact) mass is 486 g/mol. The average molecular weight is 487 g/mol. The zero-order valence-corrected chi connectivity index (χ0v) is 22.5. The molecule has 0 aliphatic heterocycles. The first-order valence-electron chi connectivity index (χ1n) is 13.3. The summed E-state index contributed by atoms with van der Waals surface area (Å²) in [4.78, 5) is 37.4. The Balaban J connectivity index is 4.86. The summed E-state index contributed by atoms with van der Waals surface area (Å²) < 4.78 is 15.7.